The Hall–Kier alpha value is -3.85. The summed E-state index contributed by atoms with van der Waals surface area (Å²) in [6.07, 6.45) is 1.83. The molecule has 0 saturated carbocycles. The van der Waals surface area contributed by atoms with E-state index in [1.165, 1.54) is 11.3 Å². The average molecular weight is 493 g/mol. The Balaban J connectivity index is 1.70. The van der Waals surface area contributed by atoms with Crippen molar-refractivity contribution >= 4 is 23.4 Å². The summed E-state index contributed by atoms with van der Waals surface area (Å²) in [6, 6.07) is 10.4. The highest BCUT2D eigenvalue weighted by atomic mass is 32.1. The van der Waals surface area contributed by atoms with Gasteiger partial charge in [-0.05, 0) is 67.8 Å². The van der Waals surface area contributed by atoms with Crippen LogP contribution in [-0.2, 0) is 9.53 Å². The molecule has 0 bridgehead atoms. The Morgan fingerprint density at radius 3 is 2.60 bits per heavy atom. The molecule has 0 amide bonds. The molecule has 0 radical (unpaired) electrons. The summed E-state index contributed by atoms with van der Waals surface area (Å²) in [4.78, 5) is 31.8. The molecule has 8 nitrogen and oxygen atoms in total. The van der Waals surface area contributed by atoms with Crippen LogP contribution in [0.2, 0.25) is 0 Å². The van der Waals surface area contributed by atoms with E-state index < -0.39 is 12.0 Å². The highest BCUT2D eigenvalue weighted by Gasteiger charge is 2.33. The second-order valence-corrected chi connectivity index (χ2v) is 9.15. The molecule has 180 valence electrons. The zero-order valence-electron chi connectivity index (χ0n) is 19.8. The summed E-state index contributed by atoms with van der Waals surface area (Å²) in [7, 11) is 1.59. The van der Waals surface area contributed by atoms with Crippen molar-refractivity contribution in [2.24, 2.45) is 4.99 Å². The molecular weight excluding hydrogens is 468 g/mol. The number of allylic oxidation sites excluding steroid dienone is 1. The first kappa shape index (κ1) is 22.9. The van der Waals surface area contributed by atoms with Gasteiger partial charge in [0.25, 0.3) is 5.56 Å². The van der Waals surface area contributed by atoms with Crippen LogP contribution >= 0.6 is 11.3 Å². The van der Waals surface area contributed by atoms with Gasteiger partial charge in [-0.2, -0.15) is 0 Å². The fraction of sp³-hybridized carbons (Fsp3) is 0.269. The Morgan fingerprint density at radius 1 is 1.20 bits per heavy atom. The maximum atomic E-state index is 13.7. The first-order valence-corrected chi connectivity index (χ1v) is 12.0. The Labute approximate surface area is 205 Å². The number of nitrogens with zero attached hydrogens (tertiary/aromatic N) is 2. The van der Waals surface area contributed by atoms with Gasteiger partial charge in [0.2, 0.25) is 6.79 Å². The van der Waals surface area contributed by atoms with Crippen LogP contribution in [0.5, 0.6) is 17.2 Å². The van der Waals surface area contributed by atoms with Crippen molar-refractivity contribution in [2.45, 2.75) is 26.8 Å². The van der Waals surface area contributed by atoms with E-state index in [-0.39, 0.29) is 19.0 Å². The van der Waals surface area contributed by atoms with Crippen LogP contribution in [0, 0.1) is 6.92 Å². The average Bonchev–Trinajstić information content (AvgIpc) is 3.42. The van der Waals surface area contributed by atoms with Crippen LogP contribution in [0.4, 0.5) is 0 Å². The molecule has 1 atom stereocenters. The van der Waals surface area contributed by atoms with E-state index in [0.717, 1.165) is 16.7 Å². The van der Waals surface area contributed by atoms with Crippen LogP contribution in [0.25, 0.3) is 6.08 Å². The summed E-state index contributed by atoms with van der Waals surface area (Å²) in [6.45, 7) is 5.87. The second-order valence-electron chi connectivity index (χ2n) is 8.14. The molecule has 3 heterocycles. The van der Waals surface area contributed by atoms with Crippen LogP contribution in [-0.4, -0.2) is 31.0 Å². The molecule has 0 spiro atoms. The van der Waals surface area contributed by atoms with Crippen molar-refractivity contribution in [2.75, 3.05) is 20.5 Å². The number of methoxy groups -OCH3 is 1. The molecular formula is C26H24N2O6S. The highest BCUT2D eigenvalue weighted by molar-refractivity contribution is 7.07. The van der Waals surface area contributed by atoms with Crippen molar-refractivity contribution in [3.05, 3.63) is 84.0 Å². The van der Waals surface area contributed by atoms with Crippen molar-refractivity contribution in [1.82, 2.24) is 4.57 Å². The van der Waals surface area contributed by atoms with E-state index in [9.17, 15) is 9.59 Å². The molecule has 0 saturated heterocycles. The maximum Gasteiger partial charge on any atom is 0.338 e. The van der Waals surface area contributed by atoms with Gasteiger partial charge < -0.3 is 18.9 Å². The molecule has 0 fully saturated rings. The fourth-order valence-corrected chi connectivity index (χ4v) is 5.29. The Bertz CT molecular complexity index is 1530. The molecule has 35 heavy (non-hydrogen) atoms. The third kappa shape index (κ3) is 4.01. The predicted octanol–water partition coefficient (Wildman–Crippen LogP) is 2.84. The molecule has 2 aliphatic rings. The van der Waals surface area contributed by atoms with Crippen molar-refractivity contribution in [3.8, 4) is 17.2 Å². The Kier molecular flexibility index (Phi) is 5.94. The number of thiazole rings is 1. The molecule has 2 aromatic carbocycles. The number of aromatic nitrogens is 1. The van der Waals surface area contributed by atoms with E-state index in [4.69, 9.17) is 18.9 Å². The van der Waals surface area contributed by atoms with Crippen LogP contribution in [0.3, 0.4) is 0 Å². The summed E-state index contributed by atoms with van der Waals surface area (Å²) >= 11 is 1.28. The molecule has 0 aliphatic carbocycles. The summed E-state index contributed by atoms with van der Waals surface area (Å²) < 4.78 is 23.6. The zero-order chi connectivity index (χ0) is 24.7. The number of carbonyl (C=O) groups excluding carboxylic acids is 1. The number of rotatable bonds is 5. The SMILES string of the molecule is CCOC(=O)C1=C(C)N=c2s/c(=C/c3cc4c(cc3C)OCO4)c(=O)n2[C@H]1c1ccc(OC)cc1. The lowest BCUT2D eigenvalue weighted by Gasteiger charge is -2.24. The van der Waals surface area contributed by atoms with E-state index in [0.29, 0.717) is 37.9 Å². The summed E-state index contributed by atoms with van der Waals surface area (Å²) in [5.41, 5.74) is 3.19. The number of hydrogen-bond acceptors (Lipinski definition) is 8. The lowest BCUT2D eigenvalue weighted by molar-refractivity contribution is -0.139. The van der Waals surface area contributed by atoms with Gasteiger partial charge in [-0.25, -0.2) is 9.79 Å². The number of ether oxygens (including phenoxy) is 4. The standard InChI is InChI=1S/C26H24N2O6S/c1-5-32-25(30)22-15(3)27-26-28(23(22)16-6-8-18(31-4)9-7-16)24(29)21(35-26)12-17-11-20-19(10-14(17)2)33-13-34-20/h6-12,23H,5,13H2,1-4H3/b21-12+/t23-/m0/s1. The van der Waals surface area contributed by atoms with E-state index in [1.54, 1.807) is 37.7 Å². The fourth-order valence-electron chi connectivity index (χ4n) is 4.25. The van der Waals surface area contributed by atoms with Crippen molar-refractivity contribution in [1.29, 1.82) is 0 Å². The second kappa shape index (κ2) is 9.07. The smallest absolute Gasteiger partial charge is 0.338 e. The maximum absolute atomic E-state index is 13.7. The molecule has 5 rings (SSSR count). The number of esters is 1. The third-order valence-electron chi connectivity index (χ3n) is 6.00. The summed E-state index contributed by atoms with van der Waals surface area (Å²) in [5, 5.41) is 0. The number of aryl methyl sites for hydroxylation is 1. The van der Waals surface area contributed by atoms with Gasteiger partial charge in [-0.15, -0.1) is 0 Å². The lowest BCUT2D eigenvalue weighted by Crippen LogP contribution is -2.39. The normalized spacial score (nSPS) is 16.7. The van der Waals surface area contributed by atoms with Crippen molar-refractivity contribution in [3.63, 3.8) is 0 Å². The van der Waals surface area contributed by atoms with Crippen LogP contribution in [0.1, 0.15) is 36.6 Å². The largest absolute Gasteiger partial charge is 0.497 e. The van der Waals surface area contributed by atoms with Gasteiger partial charge in [0, 0.05) is 0 Å². The van der Waals surface area contributed by atoms with Gasteiger partial charge in [-0.1, -0.05) is 23.5 Å². The molecule has 0 N–H and O–H groups in total. The Morgan fingerprint density at radius 2 is 1.91 bits per heavy atom. The van der Waals surface area contributed by atoms with Gasteiger partial charge in [0.1, 0.15) is 5.75 Å². The van der Waals surface area contributed by atoms with E-state index in [1.807, 2.05) is 37.3 Å². The number of fused-ring (bicyclic) bond motifs is 2. The van der Waals surface area contributed by atoms with E-state index >= 15 is 0 Å². The minimum atomic E-state index is -0.670. The predicted molar refractivity (Wildman–Crippen MR) is 131 cm³/mol. The lowest BCUT2D eigenvalue weighted by atomic mass is 9.96. The molecule has 1 aromatic heterocycles. The molecule has 2 aliphatic heterocycles. The summed E-state index contributed by atoms with van der Waals surface area (Å²) in [5.74, 6) is 1.52. The van der Waals surface area contributed by atoms with Crippen LogP contribution < -0.4 is 29.1 Å². The molecule has 0 unspecified atom stereocenters. The zero-order valence-corrected chi connectivity index (χ0v) is 20.6. The van der Waals surface area contributed by atoms with E-state index in [2.05, 4.69) is 4.99 Å². The van der Waals surface area contributed by atoms with Gasteiger partial charge in [0.05, 0.1) is 35.6 Å². The number of carbonyl (C=O) groups is 1. The van der Waals surface area contributed by atoms with Gasteiger partial charge in [-0.3, -0.25) is 9.36 Å². The first-order chi connectivity index (χ1) is 16.9. The number of benzene rings is 2. The number of hydrogen-bond donors (Lipinski definition) is 0. The monoisotopic (exact) mass is 492 g/mol. The van der Waals surface area contributed by atoms with Crippen molar-refractivity contribution < 1.29 is 23.7 Å². The van der Waals surface area contributed by atoms with Gasteiger partial charge >= 0.3 is 5.97 Å². The molecule has 9 heteroatoms. The topological polar surface area (TPSA) is 88.4 Å². The molecule has 3 aromatic rings. The quantitative estimate of drug-likeness (QED) is 0.509. The van der Waals surface area contributed by atoms with Crippen LogP contribution in [0.15, 0.2) is 57.5 Å². The minimum absolute atomic E-state index is 0.179. The minimum Gasteiger partial charge on any atom is -0.497 e. The van der Waals surface area contributed by atoms with Gasteiger partial charge in [0.15, 0.2) is 16.3 Å². The highest BCUT2D eigenvalue weighted by Crippen LogP contribution is 2.35. The first-order valence-electron chi connectivity index (χ1n) is 11.1. The third-order valence-corrected chi connectivity index (χ3v) is 6.98.